The maximum absolute atomic E-state index is 14.2. The SMILES string of the molecule is CC1(C)CCC(C2COc3cc(S(=O)(=O)NC(=O)c4ccc(N5CCC6(CC5)CC(N5CCOC[C@H]5c5ccccc5C5CC5)C6)cc4Oc4cnc5[nH]ccc5c4)cc([N+](=O)[O-])c3S2)CC1. The van der Waals surface area contributed by atoms with E-state index < -0.39 is 25.7 Å². The summed E-state index contributed by atoms with van der Waals surface area (Å²) in [7, 11) is -4.62. The zero-order chi connectivity index (χ0) is 46.1. The van der Waals surface area contributed by atoms with Crippen LogP contribution in [-0.4, -0.2) is 84.9 Å². The Morgan fingerprint density at radius 1 is 0.955 bits per heavy atom. The third-order valence-electron chi connectivity index (χ3n) is 15.7. The molecule has 11 rings (SSSR count). The monoisotopic (exact) mass is 946 g/mol. The van der Waals surface area contributed by atoms with E-state index in [9.17, 15) is 23.3 Å². The molecule has 0 bridgehead atoms. The van der Waals surface area contributed by atoms with E-state index in [1.54, 1.807) is 30.6 Å². The number of morpholine rings is 1. The van der Waals surface area contributed by atoms with E-state index in [4.69, 9.17) is 14.2 Å². The minimum atomic E-state index is -4.62. The number of sulfonamides is 1. The Labute approximate surface area is 395 Å². The van der Waals surface area contributed by atoms with Gasteiger partial charge in [-0.15, -0.1) is 11.8 Å². The molecule has 5 fully saturated rings. The Morgan fingerprint density at radius 2 is 1.73 bits per heavy atom. The number of carbonyl (C=O) groups is 1. The predicted molar refractivity (Wildman–Crippen MR) is 257 cm³/mol. The molecule has 3 saturated carbocycles. The van der Waals surface area contributed by atoms with E-state index in [0.29, 0.717) is 46.8 Å². The van der Waals surface area contributed by atoms with Gasteiger partial charge >= 0.3 is 0 Å². The van der Waals surface area contributed by atoms with Crippen LogP contribution in [0.3, 0.4) is 0 Å². The molecule has 3 aliphatic carbocycles. The van der Waals surface area contributed by atoms with E-state index in [1.807, 2.05) is 12.1 Å². The van der Waals surface area contributed by atoms with Crippen LogP contribution in [0.4, 0.5) is 11.4 Å². The number of nitro groups is 1. The molecule has 1 spiro atoms. The zero-order valence-electron chi connectivity index (χ0n) is 38.1. The van der Waals surface area contributed by atoms with Crippen molar-refractivity contribution in [3.63, 3.8) is 0 Å². The molecule has 3 aliphatic heterocycles. The fourth-order valence-electron chi connectivity index (χ4n) is 11.5. The van der Waals surface area contributed by atoms with Crippen LogP contribution in [0.15, 0.2) is 88.9 Å². The topological polar surface area (TPSA) is 169 Å². The summed E-state index contributed by atoms with van der Waals surface area (Å²) in [5.74, 6) is 0.744. The summed E-state index contributed by atoms with van der Waals surface area (Å²) in [4.78, 5) is 38.5. The highest BCUT2D eigenvalue weighted by molar-refractivity contribution is 8.00. The molecule has 5 aromatic rings. The number of hydrogen-bond donors (Lipinski definition) is 2. The van der Waals surface area contributed by atoms with Gasteiger partial charge in [-0.25, -0.2) is 18.1 Å². The number of H-pyrrole nitrogens is 1. The van der Waals surface area contributed by atoms with E-state index in [0.717, 1.165) is 101 Å². The second-order valence-corrected chi connectivity index (χ2v) is 23.5. The standard InChI is InChI=1S/C51H58N6O8S2/c1-50(2)14-11-33(12-15-50)46-31-64-45-26-38(25-42(57(59)60)47(45)66-46)67(61,62)54-49(58)41-10-9-35(24-44(41)65-37-23-34-13-18-52-48(34)53-29-37)55-19-16-51(17-20-55)27-36(28-51)56-21-22-63-30-43(56)40-6-4-3-5-39(40)32-7-8-32/h3-6,9-10,13,18,23-26,29,32-33,36,43,46H,7-8,11-12,14-17,19-22,27-28,30-31H2,1-2H3,(H,52,53)(H,54,58)/t43-,46?/m0/s1. The third kappa shape index (κ3) is 8.90. The molecule has 16 heteroatoms. The van der Waals surface area contributed by atoms with Crippen molar-refractivity contribution in [2.45, 2.75) is 111 Å². The molecule has 2 aromatic heterocycles. The number of ether oxygens (including phenoxy) is 3. The average molecular weight is 947 g/mol. The zero-order valence-corrected chi connectivity index (χ0v) is 39.7. The number of carbonyl (C=O) groups excluding carboxylic acids is 1. The molecular formula is C51H58N6O8S2. The second kappa shape index (κ2) is 17.4. The largest absolute Gasteiger partial charge is 0.491 e. The highest BCUT2D eigenvalue weighted by atomic mass is 32.2. The van der Waals surface area contributed by atoms with Crippen LogP contribution >= 0.6 is 11.8 Å². The van der Waals surface area contributed by atoms with Crippen LogP contribution in [0.5, 0.6) is 17.2 Å². The lowest BCUT2D eigenvalue weighted by Gasteiger charge is -2.57. The molecule has 1 unspecified atom stereocenters. The molecule has 5 heterocycles. The Balaban J connectivity index is 0.802. The van der Waals surface area contributed by atoms with Crippen LogP contribution in [0.25, 0.3) is 11.0 Å². The highest BCUT2D eigenvalue weighted by Crippen LogP contribution is 2.54. The first-order chi connectivity index (χ1) is 32.3. The third-order valence-corrected chi connectivity index (χ3v) is 18.5. The number of aromatic amines is 1. The van der Waals surface area contributed by atoms with Crippen LogP contribution in [0, 0.1) is 26.9 Å². The Kier molecular flexibility index (Phi) is 11.5. The van der Waals surface area contributed by atoms with Gasteiger partial charge in [0.05, 0.1) is 40.8 Å². The number of fused-ring (bicyclic) bond motifs is 2. The number of rotatable bonds is 11. The summed E-state index contributed by atoms with van der Waals surface area (Å²) in [5, 5.41) is 13.3. The van der Waals surface area contributed by atoms with E-state index >= 15 is 0 Å². The lowest BCUT2D eigenvalue weighted by Crippen LogP contribution is -2.58. The van der Waals surface area contributed by atoms with Crippen LogP contribution in [0.1, 0.15) is 112 Å². The van der Waals surface area contributed by atoms with Gasteiger partial charge in [0.15, 0.2) is 0 Å². The van der Waals surface area contributed by atoms with Crippen molar-refractivity contribution in [2.75, 3.05) is 44.4 Å². The highest BCUT2D eigenvalue weighted by Gasteiger charge is 2.50. The number of nitro benzene ring substituents is 1. The molecule has 1 amide bonds. The molecule has 2 saturated heterocycles. The molecule has 6 aliphatic rings. The Bertz CT molecular complexity index is 2820. The summed E-state index contributed by atoms with van der Waals surface area (Å²) >= 11 is 1.40. The average Bonchev–Trinajstić information content (AvgIpc) is 4.06. The van der Waals surface area contributed by atoms with Gasteiger partial charge in [0.1, 0.15) is 34.4 Å². The lowest BCUT2D eigenvalue weighted by atomic mass is 9.59. The van der Waals surface area contributed by atoms with Crippen molar-refractivity contribution in [1.29, 1.82) is 0 Å². The number of hydrogen-bond acceptors (Lipinski definition) is 12. The summed E-state index contributed by atoms with van der Waals surface area (Å²) in [5.41, 5.74) is 4.64. The van der Waals surface area contributed by atoms with Crippen LogP contribution in [-0.2, 0) is 14.8 Å². The van der Waals surface area contributed by atoms with Gasteiger partial charge in [-0.2, -0.15) is 0 Å². The molecule has 2 N–H and O–H groups in total. The second-order valence-electron chi connectivity index (χ2n) is 20.6. The minimum Gasteiger partial charge on any atom is -0.491 e. The Morgan fingerprint density at radius 3 is 2.49 bits per heavy atom. The summed E-state index contributed by atoms with van der Waals surface area (Å²) in [6.07, 6.45) is 14.4. The van der Waals surface area contributed by atoms with Crippen molar-refractivity contribution in [3.8, 4) is 17.2 Å². The number of aromatic nitrogens is 2. The van der Waals surface area contributed by atoms with Crippen molar-refractivity contribution in [3.05, 3.63) is 106 Å². The molecule has 3 aromatic carbocycles. The van der Waals surface area contributed by atoms with Crippen molar-refractivity contribution in [1.82, 2.24) is 19.6 Å². The summed E-state index contributed by atoms with van der Waals surface area (Å²) in [6, 6.07) is 21.0. The number of amides is 1. The number of benzene rings is 3. The molecular weight excluding hydrogens is 889 g/mol. The van der Waals surface area contributed by atoms with E-state index in [-0.39, 0.29) is 38.8 Å². The van der Waals surface area contributed by atoms with Gasteiger partial charge < -0.3 is 24.1 Å². The van der Waals surface area contributed by atoms with E-state index in [2.05, 4.69) is 62.6 Å². The number of pyridine rings is 1. The molecule has 67 heavy (non-hydrogen) atoms. The maximum Gasteiger partial charge on any atom is 0.288 e. The normalized spacial score (nSPS) is 23.3. The van der Waals surface area contributed by atoms with E-state index in [1.165, 1.54) is 41.8 Å². The number of thioether (sulfide) groups is 1. The molecule has 2 atom stereocenters. The van der Waals surface area contributed by atoms with Crippen LogP contribution < -0.4 is 19.1 Å². The van der Waals surface area contributed by atoms with Crippen molar-refractivity contribution in [2.24, 2.45) is 16.7 Å². The van der Waals surface area contributed by atoms with Gasteiger partial charge in [-0.05, 0) is 122 Å². The summed E-state index contributed by atoms with van der Waals surface area (Å²) < 4.78 is 48.8. The maximum atomic E-state index is 14.2. The van der Waals surface area contributed by atoms with Gasteiger partial charge in [0, 0.05) is 66.4 Å². The summed E-state index contributed by atoms with van der Waals surface area (Å²) in [6.45, 7) is 8.97. The predicted octanol–water partition coefficient (Wildman–Crippen LogP) is 10.2. The first-order valence-electron chi connectivity index (χ1n) is 23.9. The van der Waals surface area contributed by atoms with Crippen LogP contribution in [0.2, 0.25) is 0 Å². The Hall–Kier alpha value is -5.16. The fraction of sp³-hybridized carbons (Fsp3) is 0.490. The first-order valence-corrected chi connectivity index (χ1v) is 26.3. The number of nitrogens with one attached hydrogen (secondary N) is 2. The molecule has 14 nitrogen and oxygen atoms in total. The number of piperidine rings is 1. The lowest BCUT2D eigenvalue weighted by molar-refractivity contribution is -0.388. The minimum absolute atomic E-state index is 0.0158. The number of nitrogens with zero attached hydrogens (tertiary/aromatic N) is 4. The van der Waals surface area contributed by atoms with Gasteiger partial charge in [0.25, 0.3) is 21.6 Å². The van der Waals surface area contributed by atoms with Crippen molar-refractivity contribution < 1.29 is 32.3 Å². The van der Waals surface area contributed by atoms with Gasteiger partial charge in [-0.3, -0.25) is 19.8 Å². The van der Waals surface area contributed by atoms with Gasteiger partial charge in [0.2, 0.25) is 0 Å². The smallest absolute Gasteiger partial charge is 0.288 e. The molecule has 0 radical (unpaired) electrons. The molecule has 352 valence electrons. The number of anilines is 1. The van der Waals surface area contributed by atoms with Crippen molar-refractivity contribution >= 4 is 50.1 Å². The first kappa shape index (κ1) is 44.4. The van der Waals surface area contributed by atoms with Gasteiger partial charge in [-0.1, -0.05) is 38.1 Å². The fourth-order valence-corrected chi connectivity index (χ4v) is 13.9. The quantitative estimate of drug-likeness (QED) is 0.0951.